The van der Waals surface area contributed by atoms with Crippen LogP contribution in [0, 0.1) is 0 Å². The summed E-state index contributed by atoms with van der Waals surface area (Å²) in [6, 6.07) is 5.22. The highest BCUT2D eigenvalue weighted by molar-refractivity contribution is 6.53. The normalized spacial score (nSPS) is 9.27. The molecule has 0 atom stereocenters. The van der Waals surface area contributed by atoms with Crippen LogP contribution in [-0.2, 0) is 0 Å². The van der Waals surface area contributed by atoms with Gasteiger partial charge in [0.15, 0.2) is 7.28 Å². The molecule has 0 aliphatic carbocycles. The standard InChI is InChI=1S/C8H10BO2/c1-9-7-4-3-6(11-2)5-8(7)10/h3-5,10H,1-2H3. The van der Waals surface area contributed by atoms with E-state index in [1.165, 1.54) is 0 Å². The van der Waals surface area contributed by atoms with Gasteiger partial charge in [-0.05, 0) is 11.5 Å². The fraction of sp³-hybridized carbons (Fsp3) is 0.250. The molecule has 0 spiro atoms. The number of benzene rings is 1. The van der Waals surface area contributed by atoms with Crippen molar-refractivity contribution in [2.45, 2.75) is 6.82 Å². The van der Waals surface area contributed by atoms with Crippen LogP contribution in [0.2, 0.25) is 6.82 Å². The third kappa shape index (κ3) is 1.67. The van der Waals surface area contributed by atoms with E-state index in [9.17, 15) is 5.11 Å². The zero-order valence-electron chi connectivity index (χ0n) is 6.66. The molecule has 0 fully saturated rings. The van der Waals surface area contributed by atoms with E-state index in [0.717, 1.165) is 5.46 Å². The van der Waals surface area contributed by atoms with Crippen LogP contribution in [0.1, 0.15) is 0 Å². The van der Waals surface area contributed by atoms with E-state index < -0.39 is 0 Å². The maximum atomic E-state index is 9.31. The van der Waals surface area contributed by atoms with E-state index >= 15 is 0 Å². The second-order valence-electron chi connectivity index (χ2n) is 2.21. The Hall–Kier alpha value is -1.12. The Morgan fingerprint density at radius 1 is 1.45 bits per heavy atom. The van der Waals surface area contributed by atoms with Gasteiger partial charge in [0.05, 0.1) is 7.11 Å². The number of ether oxygens (including phenoxy) is 1. The minimum atomic E-state index is 0.256. The molecule has 2 nitrogen and oxygen atoms in total. The molecule has 57 valence electrons. The maximum Gasteiger partial charge on any atom is 0.153 e. The van der Waals surface area contributed by atoms with Crippen molar-refractivity contribution < 1.29 is 9.84 Å². The summed E-state index contributed by atoms with van der Waals surface area (Å²) in [6.45, 7) is 1.88. The van der Waals surface area contributed by atoms with Crippen molar-refractivity contribution in [2.75, 3.05) is 7.11 Å². The second-order valence-corrected chi connectivity index (χ2v) is 2.21. The minimum Gasteiger partial charge on any atom is -0.508 e. The van der Waals surface area contributed by atoms with E-state index in [1.807, 2.05) is 26.2 Å². The molecule has 0 aliphatic rings. The van der Waals surface area contributed by atoms with Gasteiger partial charge in [0, 0.05) is 6.07 Å². The minimum absolute atomic E-state index is 0.256. The van der Waals surface area contributed by atoms with E-state index in [2.05, 4.69) is 0 Å². The lowest BCUT2D eigenvalue weighted by atomic mass is 9.73. The van der Waals surface area contributed by atoms with Gasteiger partial charge in [-0.15, -0.1) is 0 Å². The van der Waals surface area contributed by atoms with Crippen LogP contribution in [0.25, 0.3) is 0 Å². The summed E-state index contributed by atoms with van der Waals surface area (Å²) in [5.74, 6) is 0.931. The van der Waals surface area contributed by atoms with Crippen molar-refractivity contribution in [3.8, 4) is 11.5 Å². The van der Waals surface area contributed by atoms with Gasteiger partial charge in [0.2, 0.25) is 0 Å². The Morgan fingerprint density at radius 2 is 2.18 bits per heavy atom. The fourth-order valence-corrected chi connectivity index (χ4v) is 0.895. The van der Waals surface area contributed by atoms with Crippen LogP contribution in [0.15, 0.2) is 18.2 Å². The number of hydrogen-bond donors (Lipinski definition) is 1. The van der Waals surface area contributed by atoms with E-state index in [1.54, 1.807) is 13.2 Å². The Bertz CT molecular complexity index is 248. The first kappa shape index (κ1) is 7.99. The molecule has 1 rings (SSSR count). The molecule has 0 saturated heterocycles. The van der Waals surface area contributed by atoms with Crippen LogP contribution in [0.4, 0.5) is 0 Å². The molecular formula is C8H10BO2. The summed E-state index contributed by atoms with van der Waals surface area (Å²) >= 11 is 0. The van der Waals surface area contributed by atoms with Gasteiger partial charge in [-0.3, -0.25) is 0 Å². The molecule has 0 heterocycles. The SMILES string of the molecule is C[B]c1ccc(OC)cc1O. The third-order valence-corrected chi connectivity index (χ3v) is 1.55. The van der Waals surface area contributed by atoms with Crippen molar-refractivity contribution >= 4 is 12.7 Å². The average molecular weight is 149 g/mol. The predicted octanol–water partition coefficient (Wildman–Crippen LogP) is 0.778. The number of phenolic OH excluding ortho intramolecular Hbond substituents is 1. The summed E-state index contributed by atoms with van der Waals surface area (Å²) in [5.41, 5.74) is 0.825. The first-order chi connectivity index (χ1) is 5.27. The van der Waals surface area contributed by atoms with Gasteiger partial charge in [-0.1, -0.05) is 12.9 Å². The number of aromatic hydroxyl groups is 1. The van der Waals surface area contributed by atoms with Crippen molar-refractivity contribution in [3.63, 3.8) is 0 Å². The van der Waals surface area contributed by atoms with E-state index in [-0.39, 0.29) is 5.75 Å². The number of rotatable bonds is 2. The Morgan fingerprint density at radius 3 is 2.64 bits per heavy atom. The first-order valence-electron chi connectivity index (χ1n) is 3.44. The summed E-state index contributed by atoms with van der Waals surface area (Å²) in [7, 11) is 3.42. The van der Waals surface area contributed by atoms with Gasteiger partial charge in [-0.2, -0.15) is 0 Å². The molecule has 3 heteroatoms. The van der Waals surface area contributed by atoms with Gasteiger partial charge < -0.3 is 9.84 Å². The lowest BCUT2D eigenvalue weighted by molar-refractivity contribution is 0.408. The van der Waals surface area contributed by atoms with E-state index in [0.29, 0.717) is 5.75 Å². The number of methoxy groups -OCH3 is 1. The lowest BCUT2D eigenvalue weighted by Crippen LogP contribution is -2.10. The molecule has 1 aromatic carbocycles. The molecule has 0 bridgehead atoms. The van der Waals surface area contributed by atoms with Crippen molar-refractivity contribution in [1.82, 2.24) is 0 Å². The zero-order valence-corrected chi connectivity index (χ0v) is 6.66. The van der Waals surface area contributed by atoms with Crippen molar-refractivity contribution in [3.05, 3.63) is 18.2 Å². The van der Waals surface area contributed by atoms with Crippen molar-refractivity contribution in [1.29, 1.82) is 0 Å². The topological polar surface area (TPSA) is 29.5 Å². The van der Waals surface area contributed by atoms with Gasteiger partial charge >= 0.3 is 0 Å². The average Bonchev–Trinajstić information content (AvgIpc) is 2.04. The van der Waals surface area contributed by atoms with E-state index in [4.69, 9.17) is 4.74 Å². The highest BCUT2D eigenvalue weighted by Gasteiger charge is 1.99. The summed E-state index contributed by atoms with van der Waals surface area (Å²) in [5, 5.41) is 9.31. The molecular weight excluding hydrogens is 139 g/mol. The maximum absolute atomic E-state index is 9.31. The van der Waals surface area contributed by atoms with Crippen LogP contribution in [-0.4, -0.2) is 19.5 Å². The van der Waals surface area contributed by atoms with Gasteiger partial charge in [0.1, 0.15) is 11.5 Å². The van der Waals surface area contributed by atoms with Crippen LogP contribution in [0.3, 0.4) is 0 Å². The smallest absolute Gasteiger partial charge is 0.153 e. The van der Waals surface area contributed by atoms with Crippen LogP contribution >= 0.6 is 0 Å². The van der Waals surface area contributed by atoms with Crippen molar-refractivity contribution in [2.24, 2.45) is 0 Å². The summed E-state index contributed by atoms with van der Waals surface area (Å²) in [6.07, 6.45) is 0. The van der Waals surface area contributed by atoms with Gasteiger partial charge in [-0.25, -0.2) is 0 Å². The summed E-state index contributed by atoms with van der Waals surface area (Å²) < 4.78 is 4.92. The summed E-state index contributed by atoms with van der Waals surface area (Å²) in [4.78, 5) is 0. The molecule has 11 heavy (non-hydrogen) atoms. The molecule has 0 saturated carbocycles. The molecule has 1 N–H and O–H groups in total. The molecule has 1 aromatic rings. The Kier molecular flexibility index (Phi) is 2.42. The molecule has 0 aliphatic heterocycles. The molecule has 0 aromatic heterocycles. The van der Waals surface area contributed by atoms with Gasteiger partial charge in [0.25, 0.3) is 0 Å². The monoisotopic (exact) mass is 149 g/mol. The molecule has 0 amide bonds. The second kappa shape index (κ2) is 3.33. The molecule has 1 radical (unpaired) electrons. The lowest BCUT2D eigenvalue weighted by Gasteiger charge is -2.03. The largest absolute Gasteiger partial charge is 0.508 e. The highest BCUT2D eigenvalue weighted by atomic mass is 16.5. The van der Waals surface area contributed by atoms with Crippen LogP contribution < -0.4 is 10.2 Å². The first-order valence-corrected chi connectivity index (χ1v) is 3.44. The third-order valence-electron chi connectivity index (χ3n) is 1.55. The number of phenols is 1. The Balaban J connectivity index is 2.99. The highest BCUT2D eigenvalue weighted by Crippen LogP contribution is 2.14. The predicted molar refractivity (Wildman–Crippen MR) is 45.9 cm³/mol. The fourth-order valence-electron chi connectivity index (χ4n) is 0.895. The zero-order chi connectivity index (χ0) is 8.27. The number of hydrogen-bond acceptors (Lipinski definition) is 2. The molecule has 0 unspecified atom stereocenters. The quantitative estimate of drug-likeness (QED) is 0.629. The van der Waals surface area contributed by atoms with Crippen LogP contribution in [0.5, 0.6) is 11.5 Å². The Labute approximate surface area is 67.1 Å².